The molecule has 30 heavy (non-hydrogen) atoms. The van der Waals surface area contributed by atoms with Gasteiger partial charge in [0.2, 0.25) is 0 Å². The smallest absolute Gasteiger partial charge is 0.264 e. The molecule has 9 heteroatoms. The lowest BCUT2D eigenvalue weighted by Crippen LogP contribution is -2.27. The minimum absolute atomic E-state index is 0.0401. The molecule has 156 valence electrons. The van der Waals surface area contributed by atoms with Crippen molar-refractivity contribution in [3.8, 4) is 0 Å². The average Bonchev–Trinajstić information content (AvgIpc) is 2.72. The topological polar surface area (TPSA) is 66.5 Å². The van der Waals surface area contributed by atoms with Gasteiger partial charge in [0.1, 0.15) is 11.6 Å². The number of benzene rings is 3. The maximum atomic E-state index is 13.3. The van der Waals surface area contributed by atoms with Crippen LogP contribution in [0.5, 0.6) is 0 Å². The van der Waals surface area contributed by atoms with Gasteiger partial charge in [0.05, 0.1) is 21.2 Å². The van der Waals surface area contributed by atoms with E-state index in [-0.39, 0.29) is 27.7 Å². The lowest BCUT2D eigenvalue weighted by atomic mass is 10.2. The summed E-state index contributed by atoms with van der Waals surface area (Å²) in [6.07, 6.45) is 0. The number of hydrogen-bond acceptors (Lipinski definition) is 3. The molecule has 0 bridgehead atoms. The average molecular weight is 451 g/mol. The van der Waals surface area contributed by atoms with Gasteiger partial charge in [-0.3, -0.25) is 9.10 Å². The second-order valence-electron chi connectivity index (χ2n) is 6.40. The molecular weight excluding hydrogens is 434 g/mol. The Bertz CT molecular complexity index is 1190. The molecule has 3 aromatic rings. The van der Waals surface area contributed by atoms with Gasteiger partial charge < -0.3 is 5.32 Å². The van der Waals surface area contributed by atoms with E-state index in [0.29, 0.717) is 5.56 Å². The van der Waals surface area contributed by atoms with Crippen molar-refractivity contribution < 1.29 is 22.0 Å². The summed E-state index contributed by atoms with van der Waals surface area (Å²) in [4.78, 5) is 12.4. The molecule has 3 aromatic carbocycles. The summed E-state index contributed by atoms with van der Waals surface area (Å²) in [6.45, 7) is 0.0411. The quantitative estimate of drug-likeness (QED) is 0.606. The molecule has 0 saturated carbocycles. The van der Waals surface area contributed by atoms with Crippen LogP contribution in [0, 0.1) is 11.6 Å². The highest BCUT2D eigenvalue weighted by Crippen LogP contribution is 2.26. The Labute approximate surface area is 178 Å². The summed E-state index contributed by atoms with van der Waals surface area (Å²) < 4.78 is 53.2. The number of hydrogen-bond donors (Lipinski definition) is 1. The van der Waals surface area contributed by atoms with Gasteiger partial charge in [-0.05, 0) is 60.2 Å². The van der Waals surface area contributed by atoms with E-state index in [1.54, 1.807) is 6.07 Å². The van der Waals surface area contributed by atoms with Gasteiger partial charge in [0, 0.05) is 13.6 Å². The molecule has 0 spiro atoms. The zero-order chi connectivity index (χ0) is 21.9. The first-order valence-electron chi connectivity index (χ1n) is 8.75. The van der Waals surface area contributed by atoms with Crippen LogP contribution in [0.1, 0.15) is 15.9 Å². The molecule has 0 aromatic heterocycles. The van der Waals surface area contributed by atoms with E-state index >= 15 is 0 Å². The highest BCUT2D eigenvalue weighted by molar-refractivity contribution is 7.92. The van der Waals surface area contributed by atoms with Gasteiger partial charge in [-0.2, -0.15) is 0 Å². The largest absolute Gasteiger partial charge is 0.348 e. The molecule has 0 radical (unpaired) electrons. The van der Waals surface area contributed by atoms with Crippen molar-refractivity contribution >= 4 is 33.2 Å². The van der Waals surface area contributed by atoms with Crippen LogP contribution in [0.25, 0.3) is 0 Å². The third-order valence-electron chi connectivity index (χ3n) is 4.37. The van der Waals surface area contributed by atoms with E-state index in [0.717, 1.165) is 16.4 Å². The van der Waals surface area contributed by atoms with Crippen LogP contribution in [-0.4, -0.2) is 21.4 Å². The highest BCUT2D eigenvalue weighted by Gasteiger charge is 2.24. The summed E-state index contributed by atoms with van der Waals surface area (Å²) in [5, 5.41) is 2.65. The van der Waals surface area contributed by atoms with E-state index < -0.39 is 27.6 Å². The van der Waals surface area contributed by atoms with Crippen molar-refractivity contribution in [2.24, 2.45) is 0 Å². The van der Waals surface area contributed by atoms with Crippen LogP contribution in [0.4, 0.5) is 14.5 Å². The lowest BCUT2D eigenvalue weighted by molar-refractivity contribution is 0.0950. The summed E-state index contributed by atoms with van der Waals surface area (Å²) in [5.74, 6) is -1.53. The van der Waals surface area contributed by atoms with E-state index in [9.17, 15) is 22.0 Å². The van der Waals surface area contributed by atoms with Crippen molar-refractivity contribution in [2.45, 2.75) is 11.4 Å². The third kappa shape index (κ3) is 4.77. The number of amides is 1. The fraction of sp³-hybridized carbons (Fsp3) is 0.0952. The Hall–Kier alpha value is -2.97. The molecule has 0 fully saturated rings. The molecule has 3 rings (SSSR count). The molecule has 0 aliphatic rings. The molecule has 1 N–H and O–H groups in total. The van der Waals surface area contributed by atoms with Gasteiger partial charge in [-0.1, -0.05) is 23.7 Å². The van der Waals surface area contributed by atoms with Crippen molar-refractivity contribution in [1.29, 1.82) is 0 Å². The number of nitrogens with zero attached hydrogens (tertiary/aromatic N) is 1. The Morgan fingerprint density at radius 1 is 1.00 bits per heavy atom. The van der Waals surface area contributed by atoms with Crippen molar-refractivity contribution in [3.63, 3.8) is 0 Å². The fourth-order valence-corrected chi connectivity index (χ4v) is 4.14. The summed E-state index contributed by atoms with van der Waals surface area (Å²) in [7, 11) is -2.71. The molecule has 5 nitrogen and oxygen atoms in total. The first kappa shape index (κ1) is 21.7. The number of carbonyl (C=O) groups excluding carboxylic acids is 1. The Kier molecular flexibility index (Phi) is 6.38. The van der Waals surface area contributed by atoms with E-state index in [1.165, 1.54) is 55.6 Å². The normalized spacial score (nSPS) is 11.2. The number of rotatable bonds is 6. The summed E-state index contributed by atoms with van der Waals surface area (Å²) >= 11 is 6.09. The summed E-state index contributed by atoms with van der Waals surface area (Å²) in [5.41, 5.74) is 0.754. The zero-order valence-electron chi connectivity index (χ0n) is 15.8. The molecule has 0 aliphatic carbocycles. The number of carbonyl (C=O) groups is 1. The number of halogens is 3. The van der Waals surface area contributed by atoms with Crippen LogP contribution in [0.2, 0.25) is 5.02 Å². The maximum Gasteiger partial charge on any atom is 0.264 e. The molecule has 0 saturated heterocycles. The minimum atomic E-state index is -4.03. The molecule has 0 atom stereocenters. The molecular formula is C21H17ClF2N2O3S. The summed E-state index contributed by atoms with van der Waals surface area (Å²) in [6, 6.07) is 14.4. The monoisotopic (exact) mass is 450 g/mol. The van der Waals surface area contributed by atoms with Crippen LogP contribution >= 0.6 is 11.6 Å². The van der Waals surface area contributed by atoms with Gasteiger partial charge >= 0.3 is 0 Å². The van der Waals surface area contributed by atoms with Crippen LogP contribution < -0.4 is 9.62 Å². The van der Waals surface area contributed by atoms with Crippen LogP contribution in [-0.2, 0) is 16.6 Å². The van der Waals surface area contributed by atoms with E-state index in [1.807, 2.05) is 0 Å². The number of nitrogens with one attached hydrogen (secondary N) is 1. The van der Waals surface area contributed by atoms with Crippen molar-refractivity contribution in [3.05, 3.63) is 94.5 Å². The Morgan fingerprint density at radius 2 is 1.70 bits per heavy atom. The Balaban J connectivity index is 1.84. The number of sulfonamides is 1. The fourth-order valence-electron chi connectivity index (χ4n) is 2.71. The number of anilines is 1. The molecule has 1 amide bonds. The van der Waals surface area contributed by atoms with Gasteiger partial charge in [0.15, 0.2) is 0 Å². The predicted octanol–water partition coefficient (Wildman–Crippen LogP) is 4.37. The van der Waals surface area contributed by atoms with Gasteiger partial charge in [-0.15, -0.1) is 0 Å². The SMILES string of the molecule is CN(c1ccc(F)cc1)S(=O)(=O)c1ccc(Cl)c(C(=O)NCc2cccc(F)c2)c1. The standard InChI is InChI=1S/C21H17ClF2N2O3S/c1-26(17-7-5-15(23)6-8-17)30(28,29)18-9-10-20(22)19(12-18)21(27)25-13-14-3-2-4-16(24)11-14/h2-12H,13H2,1H3,(H,25,27). The predicted molar refractivity (Wildman–Crippen MR) is 111 cm³/mol. The second kappa shape index (κ2) is 8.81. The molecule has 0 heterocycles. The molecule has 0 aliphatic heterocycles. The van der Waals surface area contributed by atoms with Crippen LogP contribution in [0.3, 0.4) is 0 Å². The Morgan fingerprint density at radius 3 is 2.37 bits per heavy atom. The van der Waals surface area contributed by atoms with Gasteiger partial charge in [-0.25, -0.2) is 17.2 Å². The second-order valence-corrected chi connectivity index (χ2v) is 8.78. The van der Waals surface area contributed by atoms with E-state index in [4.69, 9.17) is 11.6 Å². The highest BCUT2D eigenvalue weighted by atomic mass is 35.5. The maximum absolute atomic E-state index is 13.3. The van der Waals surface area contributed by atoms with Crippen LogP contribution in [0.15, 0.2) is 71.6 Å². The van der Waals surface area contributed by atoms with E-state index in [2.05, 4.69) is 5.32 Å². The first-order chi connectivity index (χ1) is 14.2. The van der Waals surface area contributed by atoms with Gasteiger partial charge in [0.25, 0.3) is 15.9 Å². The van der Waals surface area contributed by atoms with Crippen molar-refractivity contribution in [1.82, 2.24) is 5.32 Å². The first-order valence-corrected chi connectivity index (χ1v) is 10.6. The third-order valence-corrected chi connectivity index (χ3v) is 6.48. The minimum Gasteiger partial charge on any atom is -0.348 e. The van der Waals surface area contributed by atoms with Crippen molar-refractivity contribution in [2.75, 3.05) is 11.4 Å². The lowest BCUT2D eigenvalue weighted by Gasteiger charge is -2.20. The molecule has 0 unspecified atom stereocenters. The zero-order valence-corrected chi connectivity index (χ0v) is 17.3.